The van der Waals surface area contributed by atoms with Crippen LogP contribution in [0, 0.1) is 22.6 Å². The van der Waals surface area contributed by atoms with Crippen LogP contribution in [0.5, 0.6) is 0 Å². The summed E-state index contributed by atoms with van der Waals surface area (Å²) < 4.78 is 13.1. The molecule has 1 fully saturated rings. The third-order valence-corrected chi connectivity index (χ3v) is 3.94. The minimum atomic E-state index is -0.335. The first kappa shape index (κ1) is 13.0. The number of hydrogen-bond donors (Lipinski definition) is 2. The molecule has 0 aliphatic heterocycles. The molecule has 0 saturated heterocycles. The summed E-state index contributed by atoms with van der Waals surface area (Å²) in [7, 11) is 0. The molecule has 1 aliphatic carbocycles. The van der Waals surface area contributed by atoms with Gasteiger partial charge in [-0.25, -0.2) is 4.39 Å². The highest BCUT2D eigenvalue weighted by Gasteiger charge is 2.46. The van der Waals surface area contributed by atoms with E-state index in [0.29, 0.717) is 24.1 Å². The van der Waals surface area contributed by atoms with E-state index in [9.17, 15) is 9.50 Å². The van der Waals surface area contributed by atoms with E-state index >= 15 is 0 Å². The molecule has 2 unspecified atom stereocenters. The number of rotatable bonds is 3. The van der Waals surface area contributed by atoms with E-state index in [1.54, 1.807) is 0 Å². The van der Waals surface area contributed by atoms with Crippen LogP contribution in [0.1, 0.15) is 31.4 Å². The normalized spacial score (nSPS) is 25.3. The second-order valence-electron chi connectivity index (χ2n) is 5.42. The van der Waals surface area contributed by atoms with Gasteiger partial charge < -0.3 is 10.4 Å². The van der Waals surface area contributed by atoms with Crippen LogP contribution in [0.2, 0.25) is 0 Å². The van der Waals surface area contributed by atoms with E-state index in [1.165, 1.54) is 18.2 Å². The van der Waals surface area contributed by atoms with E-state index in [1.807, 2.05) is 13.8 Å². The molecule has 4 heteroatoms. The van der Waals surface area contributed by atoms with Crippen LogP contribution in [0.3, 0.4) is 0 Å². The topological polar surface area (TPSA) is 56.0 Å². The SMILES string of the molecule is CC1(C)C(O)CC1NCc1cc(F)ccc1C#N. The number of hydrogen-bond acceptors (Lipinski definition) is 3. The Labute approximate surface area is 106 Å². The van der Waals surface area contributed by atoms with Crippen molar-refractivity contribution in [1.29, 1.82) is 5.26 Å². The number of aliphatic hydroxyl groups is 1. The van der Waals surface area contributed by atoms with Crippen LogP contribution in [0.4, 0.5) is 4.39 Å². The molecule has 1 saturated carbocycles. The van der Waals surface area contributed by atoms with Crippen molar-refractivity contribution in [2.75, 3.05) is 0 Å². The van der Waals surface area contributed by atoms with Gasteiger partial charge in [0.05, 0.1) is 17.7 Å². The highest BCUT2D eigenvalue weighted by atomic mass is 19.1. The number of benzene rings is 1. The van der Waals surface area contributed by atoms with Gasteiger partial charge >= 0.3 is 0 Å². The third-order valence-electron chi connectivity index (χ3n) is 3.94. The fourth-order valence-electron chi connectivity index (χ4n) is 2.30. The lowest BCUT2D eigenvalue weighted by atomic mass is 9.64. The molecule has 2 rings (SSSR count). The lowest BCUT2D eigenvalue weighted by molar-refractivity contribution is -0.0729. The smallest absolute Gasteiger partial charge is 0.123 e. The van der Waals surface area contributed by atoms with Crippen molar-refractivity contribution in [3.8, 4) is 6.07 Å². The Balaban J connectivity index is 2.03. The third kappa shape index (κ3) is 2.24. The van der Waals surface area contributed by atoms with E-state index in [-0.39, 0.29) is 23.4 Å². The molecular weight excluding hydrogens is 231 g/mol. The molecule has 96 valence electrons. The Hall–Kier alpha value is -1.44. The summed E-state index contributed by atoms with van der Waals surface area (Å²) in [6.07, 6.45) is 0.405. The predicted octanol–water partition coefficient (Wildman–Crippen LogP) is 1.95. The van der Waals surface area contributed by atoms with Crippen molar-refractivity contribution in [3.63, 3.8) is 0 Å². The van der Waals surface area contributed by atoms with Crippen LogP contribution in [-0.4, -0.2) is 17.3 Å². The van der Waals surface area contributed by atoms with Crippen LogP contribution < -0.4 is 5.32 Å². The summed E-state index contributed by atoms with van der Waals surface area (Å²) in [6.45, 7) is 4.44. The first-order valence-corrected chi connectivity index (χ1v) is 6.05. The quantitative estimate of drug-likeness (QED) is 0.859. The number of nitrogens with zero attached hydrogens (tertiary/aromatic N) is 1. The molecule has 1 aromatic carbocycles. The average molecular weight is 248 g/mol. The minimum Gasteiger partial charge on any atom is -0.392 e. The van der Waals surface area contributed by atoms with Crippen LogP contribution >= 0.6 is 0 Å². The Kier molecular flexibility index (Phi) is 3.38. The predicted molar refractivity (Wildman–Crippen MR) is 66.1 cm³/mol. The van der Waals surface area contributed by atoms with E-state index in [2.05, 4.69) is 11.4 Å². The fraction of sp³-hybridized carbons (Fsp3) is 0.500. The van der Waals surface area contributed by atoms with Crippen molar-refractivity contribution in [2.24, 2.45) is 5.41 Å². The summed E-state index contributed by atoms with van der Waals surface area (Å²) in [4.78, 5) is 0. The molecule has 2 atom stereocenters. The second kappa shape index (κ2) is 4.68. The molecule has 3 nitrogen and oxygen atoms in total. The fourth-order valence-corrected chi connectivity index (χ4v) is 2.30. The van der Waals surface area contributed by atoms with E-state index in [4.69, 9.17) is 5.26 Å². The Bertz CT molecular complexity index is 493. The second-order valence-corrected chi connectivity index (χ2v) is 5.42. The van der Waals surface area contributed by atoms with Gasteiger partial charge in [-0.05, 0) is 30.2 Å². The van der Waals surface area contributed by atoms with Gasteiger partial charge in [0, 0.05) is 18.0 Å². The van der Waals surface area contributed by atoms with Gasteiger partial charge in [-0.3, -0.25) is 0 Å². The number of nitriles is 1. The zero-order valence-electron chi connectivity index (χ0n) is 10.6. The lowest BCUT2D eigenvalue weighted by Gasteiger charge is -2.49. The van der Waals surface area contributed by atoms with Gasteiger partial charge in [-0.1, -0.05) is 13.8 Å². The first-order valence-electron chi connectivity index (χ1n) is 6.05. The summed E-state index contributed by atoms with van der Waals surface area (Å²) >= 11 is 0. The standard InChI is InChI=1S/C14H17FN2O/c1-14(2)12(6-13(14)18)17-8-10-5-11(15)4-3-9(10)7-16/h3-5,12-13,17-18H,6,8H2,1-2H3. The molecule has 0 amide bonds. The summed E-state index contributed by atoms with van der Waals surface area (Å²) in [5.41, 5.74) is 0.983. The van der Waals surface area contributed by atoms with Crippen molar-refractivity contribution in [3.05, 3.63) is 35.1 Å². The van der Waals surface area contributed by atoms with E-state index < -0.39 is 0 Å². The molecule has 0 bridgehead atoms. The van der Waals surface area contributed by atoms with Gasteiger partial charge in [0.15, 0.2) is 0 Å². The number of halogens is 1. The lowest BCUT2D eigenvalue weighted by Crippen LogP contribution is -2.59. The molecular formula is C14H17FN2O. The van der Waals surface area contributed by atoms with Gasteiger partial charge in [-0.2, -0.15) is 5.26 Å². The van der Waals surface area contributed by atoms with Crippen molar-refractivity contribution in [2.45, 2.75) is 39.0 Å². The summed E-state index contributed by atoms with van der Waals surface area (Å²) in [5.74, 6) is -0.335. The number of nitrogens with one attached hydrogen (secondary N) is 1. The Morgan fingerprint density at radius 1 is 1.56 bits per heavy atom. The molecule has 2 N–H and O–H groups in total. The van der Waals surface area contributed by atoms with Gasteiger partial charge in [0.1, 0.15) is 5.82 Å². The van der Waals surface area contributed by atoms with Crippen molar-refractivity contribution >= 4 is 0 Å². The first-order chi connectivity index (χ1) is 8.45. The zero-order chi connectivity index (χ0) is 13.3. The van der Waals surface area contributed by atoms with Crippen LogP contribution in [0.15, 0.2) is 18.2 Å². The Morgan fingerprint density at radius 3 is 2.83 bits per heavy atom. The highest BCUT2D eigenvalue weighted by molar-refractivity contribution is 5.37. The summed E-state index contributed by atoms with van der Waals surface area (Å²) in [6, 6.07) is 6.42. The van der Waals surface area contributed by atoms with Gasteiger partial charge in [0.2, 0.25) is 0 Å². The summed E-state index contributed by atoms with van der Waals surface area (Å²) in [5, 5.41) is 21.9. The zero-order valence-corrected chi connectivity index (χ0v) is 10.6. The van der Waals surface area contributed by atoms with Gasteiger partial charge in [-0.15, -0.1) is 0 Å². The van der Waals surface area contributed by atoms with Crippen LogP contribution in [-0.2, 0) is 6.54 Å². The van der Waals surface area contributed by atoms with Crippen molar-refractivity contribution < 1.29 is 9.50 Å². The molecule has 18 heavy (non-hydrogen) atoms. The van der Waals surface area contributed by atoms with Gasteiger partial charge in [0.25, 0.3) is 0 Å². The maximum atomic E-state index is 13.1. The highest BCUT2D eigenvalue weighted by Crippen LogP contribution is 2.40. The maximum Gasteiger partial charge on any atom is 0.123 e. The number of aliphatic hydroxyl groups excluding tert-OH is 1. The molecule has 0 spiro atoms. The molecule has 0 radical (unpaired) electrons. The molecule has 0 heterocycles. The maximum absolute atomic E-state index is 13.1. The van der Waals surface area contributed by atoms with E-state index in [0.717, 1.165) is 0 Å². The van der Waals surface area contributed by atoms with Crippen molar-refractivity contribution in [1.82, 2.24) is 5.32 Å². The average Bonchev–Trinajstić information content (AvgIpc) is 2.34. The van der Waals surface area contributed by atoms with Crippen LogP contribution in [0.25, 0.3) is 0 Å². The molecule has 1 aromatic rings. The monoisotopic (exact) mass is 248 g/mol. The molecule has 1 aliphatic rings. The molecule has 0 aromatic heterocycles. The largest absolute Gasteiger partial charge is 0.392 e. The minimum absolute atomic E-state index is 0.167. The Morgan fingerprint density at radius 2 is 2.28 bits per heavy atom.